The van der Waals surface area contributed by atoms with Gasteiger partial charge in [-0.05, 0) is 30.4 Å². The molecule has 0 aliphatic rings. The van der Waals surface area contributed by atoms with E-state index in [0.29, 0.717) is 15.9 Å². The number of hydrogen-bond acceptors (Lipinski definition) is 7. The molecule has 5 nitrogen and oxygen atoms in total. The van der Waals surface area contributed by atoms with Crippen molar-refractivity contribution >= 4 is 34.2 Å². The van der Waals surface area contributed by atoms with Gasteiger partial charge in [0.25, 0.3) is 0 Å². The number of thioether (sulfide) groups is 1. The van der Waals surface area contributed by atoms with Crippen molar-refractivity contribution in [1.29, 1.82) is 0 Å². The number of nitrogens with zero attached hydrogens (tertiary/aromatic N) is 2. The first kappa shape index (κ1) is 17.7. The van der Waals surface area contributed by atoms with Crippen molar-refractivity contribution in [1.82, 2.24) is 10.2 Å². The van der Waals surface area contributed by atoms with Crippen LogP contribution in [0.5, 0.6) is 0 Å². The lowest BCUT2D eigenvalue weighted by molar-refractivity contribution is -0.139. The minimum absolute atomic E-state index is 0.265. The summed E-state index contributed by atoms with van der Waals surface area (Å²) in [7, 11) is 1.40. The Morgan fingerprint density at radius 3 is 2.57 bits per heavy atom. The molecular formula is C16H21N3O2S2. The van der Waals surface area contributed by atoms with Crippen LogP contribution in [0.2, 0.25) is 0 Å². The first-order valence-electron chi connectivity index (χ1n) is 7.53. The van der Waals surface area contributed by atoms with E-state index in [4.69, 9.17) is 10.5 Å². The Morgan fingerprint density at radius 2 is 2.00 bits per heavy atom. The molecule has 0 radical (unpaired) electrons. The third-order valence-corrected chi connectivity index (χ3v) is 5.40. The summed E-state index contributed by atoms with van der Waals surface area (Å²) in [5.41, 5.74) is 8.02. The van der Waals surface area contributed by atoms with E-state index in [2.05, 4.69) is 41.4 Å². The van der Waals surface area contributed by atoms with E-state index in [1.807, 2.05) is 0 Å². The molecular weight excluding hydrogens is 330 g/mol. The van der Waals surface area contributed by atoms with Gasteiger partial charge in [-0.1, -0.05) is 60.7 Å². The van der Waals surface area contributed by atoms with Crippen molar-refractivity contribution in [2.45, 2.75) is 42.2 Å². The van der Waals surface area contributed by atoms with E-state index in [-0.39, 0.29) is 11.2 Å². The van der Waals surface area contributed by atoms with Crippen LogP contribution in [-0.2, 0) is 22.4 Å². The van der Waals surface area contributed by atoms with Crippen LogP contribution in [0, 0.1) is 0 Å². The summed E-state index contributed by atoms with van der Waals surface area (Å²) in [4.78, 5) is 12.0. The number of carbonyl (C=O) groups is 1. The largest absolute Gasteiger partial charge is 0.468 e. The zero-order valence-corrected chi connectivity index (χ0v) is 15.0. The predicted octanol–water partition coefficient (Wildman–Crippen LogP) is 3.34. The molecule has 0 spiro atoms. The minimum Gasteiger partial charge on any atom is -0.468 e. The maximum absolute atomic E-state index is 12.0. The van der Waals surface area contributed by atoms with Crippen molar-refractivity contribution in [3.05, 3.63) is 35.4 Å². The SMILES string of the molecule is CCCCc1ccc(CC(Sc2nnc(N)s2)C(=O)OC)cc1. The Morgan fingerprint density at radius 1 is 1.30 bits per heavy atom. The Labute approximate surface area is 144 Å². The lowest BCUT2D eigenvalue weighted by atomic mass is 10.0. The van der Waals surface area contributed by atoms with Crippen molar-refractivity contribution in [3.63, 3.8) is 0 Å². The summed E-state index contributed by atoms with van der Waals surface area (Å²) in [5.74, 6) is -0.265. The number of unbranched alkanes of at least 4 members (excludes halogenated alkanes) is 1. The van der Waals surface area contributed by atoms with E-state index >= 15 is 0 Å². The molecule has 1 atom stereocenters. The Kier molecular flexibility index (Phi) is 6.85. The second-order valence-corrected chi connectivity index (χ2v) is 7.62. The van der Waals surface area contributed by atoms with E-state index < -0.39 is 0 Å². The highest BCUT2D eigenvalue weighted by molar-refractivity contribution is 8.02. The molecule has 0 fully saturated rings. The van der Waals surface area contributed by atoms with Gasteiger partial charge in [0.15, 0.2) is 4.34 Å². The van der Waals surface area contributed by atoms with E-state index in [9.17, 15) is 4.79 Å². The van der Waals surface area contributed by atoms with E-state index in [0.717, 1.165) is 12.0 Å². The third-order valence-electron chi connectivity index (χ3n) is 3.39. The Balaban J connectivity index is 2.03. The molecule has 2 rings (SSSR count). The molecule has 0 saturated carbocycles. The number of carbonyl (C=O) groups excluding carboxylic acids is 1. The summed E-state index contributed by atoms with van der Waals surface area (Å²) in [5, 5.41) is 7.78. The lowest BCUT2D eigenvalue weighted by Gasteiger charge is -2.13. The average Bonchev–Trinajstić information content (AvgIpc) is 2.98. The Hall–Kier alpha value is -1.60. The topological polar surface area (TPSA) is 78.1 Å². The number of anilines is 1. The summed E-state index contributed by atoms with van der Waals surface area (Å²) in [6.07, 6.45) is 4.06. The molecule has 23 heavy (non-hydrogen) atoms. The van der Waals surface area contributed by atoms with Crippen LogP contribution in [0.3, 0.4) is 0 Å². The lowest BCUT2D eigenvalue weighted by Crippen LogP contribution is -2.21. The number of rotatable bonds is 8. The van der Waals surface area contributed by atoms with Crippen LogP contribution in [0.1, 0.15) is 30.9 Å². The van der Waals surface area contributed by atoms with Crippen LogP contribution >= 0.6 is 23.1 Å². The average molecular weight is 351 g/mol. The smallest absolute Gasteiger partial charge is 0.319 e. The van der Waals surface area contributed by atoms with Gasteiger partial charge in [0.05, 0.1) is 7.11 Å². The number of aryl methyl sites for hydroxylation is 1. The molecule has 0 amide bonds. The van der Waals surface area contributed by atoms with E-state index in [1.165, 1.54) is 48.6 Å². The number of ether oxygens (including phenoxy) is 1. The van der Waals surface area contributed by atoms with Gasteiger partial charge in [0.1, 0.15) is 5.25 Å². The number of nitrogens with two attached hydrogens (primary N) is 1. The standard InChI is InChI=1S/C16H21N3O2S2/c1-3-4-5-11-6-8-12(9-7-11)10-13(14(20)21-2)22-16-19-18-15(17)23-16/h6-9,13H,3-5,10H2,1-2H3,(H2,17,18). The first-order chi connectivity index (χ1) is 11.1. The number of benzene rings is 1. The fourth-order valence-electron chi connectivity index (χ4n) is 2.13. The Bertz CT molecular complexity index is 629. The highest BCUT2D eigenvalue weighted by atomic mass is 32.2. The fraction of sp³-hybridized carbons (Fsp3) is 0.438. The molecule has 0 aliphatic heterocycles. The number of esters is 1. The minimum atomic E-state index is -0.353. The van der Waals surface area contributed by atoms with Crippen LogP contribution in [0.15, 0.2) is 28.6 Å². The quantitative estimate of drug-likeness (QED) is 0.580. The molecule has 1 heterocycles. The summed E-state index contributed by atoms with van der Waals surface area (Å²) >= 11 is 2.62. The number of methoxy groups -OCH3 is 1. The van der Waals surface area contributed by atoms with Gasteiger partial charge < -0.3 is 10.5 Å². The molecule has 0 aliphatic carbocycles. The first-order valence-corrected chi connectivity index (χ1v) is 9.23. The molecule has 2 aromatic rings. The maximum Gasteiger partial charge on any atom is 0.319 e. The monoisotopic (exact) mass is 351 g/mol. The third kappa shape index (κ3) is 5.51. The van der Waals surface area contributed by atoms with Gasteiger partial charge in [-0.3, -0.25) is 4.79 Å². The van der Waals surface area contributed by atoms with Crippen LogP contribution < -0.4 is 5.73 Å². The maximum atomic E-state index is 12.0. The van der Waals surface area contributed by atoms with Gasteiger partial charge in [0.2, 0.25) is 5.13 Å². The van der Waals surface area contributed by atoms with Gasteiger partial charge in [-0.15, -0.1) is 10.2 Å². The summed E-state index contributed by atoms with van der Waals surface area (Å²) in [6.45, 7) is 2.19. The highest BCUT2D eigenvalue weighted by Gasteiger charge is 2.23. The van der Waals surface area contributed by atoms with Crippen molar-refractivity contribution < 1.29 is 9.53 Å². The molecule has 0 bridgehead atoms. The van der Waals surface area contributed by atoms with Gasteiger partial charge in [-0.25, -0.2) is 0 Å². The van der Waals surface area contributed by atoms with Crippen LogP contribution in [0.4, 0.5) is 5.13 Å². The highest BCUT2D eigenvalue weighted by Crippen LogP contribution is 2.30. The van der Waals surface area contributed by atoms with Crippen molar-refractivity contribution in [2.24, 2.45) is 0 Å². The molecule has 0 saturated heterocycles. The molecule has 7 heteroatoms. The predicted molar refractivity (Wildman–Crippen MR) is 94.7 cm³/mol. The van der Waals surface area contributed by atoms with Gasteiger partial charge in [-0.2, -0.15) is 0 Å². The zero-order chi connectivity index (χ0) is 16.7. The van der Waals surface area contributed by atoms with Gasteiger partial charge in [0, 0.05) is 0 Å². The molecule has 1 unspecified atom stereocenters. The van der Waals surface area contributed by atoms with Crippen molar-refractivity contribution in [3.8, 4) is 0 Å². The number of aromatic nitrogens is 2. The zero-order valence-electron chi connectivity index (χ0n) is 13.3. The molecule has 124 valence electrons. The van der Waals surface area contributed by atoms with Crippen LogP contribution in [0.25, 0.3) is 0 Å². The van der Waals surface area contributed by atoms with Crippen LogP contribution in [-0.4, -0.2) is 28.5 Å². The van der Waals surface area contributed by atoms with Gasteiger partial charge >= 0.3 is 5.97 Å². The molecule has 1 aromatic carbocycles. The van der Waals surface area contributed by atoms with E-state index in [1.54, 1.807) is 0 Å². The normalized spacial score (nSPS) is 12.1. The number of hydrogen-bond donors (Lipinski definition) is 1. The molecule has 1 aromatic heterocycles. The van der Waals surface area contributed by atoms with Crippen molar-refractivity contribution in [2.75, 3.05) is 12.8 Å². The summed E-state index contributed by atoms with van der Waals surface area (Å²) in [6, 6.07) is 8.42. The molecule has 2 N–H and O–H groups in total. The second-order valence-electron chi connectivity index (χ2n) is 5.16. The second kappa shape index (κ2) is 8.88. The summed E-state index contributed by atoms with van der Waals surface area (Å²) < 4.78 is 5.58. The number of nitrogen functional groups attached to an aromatic ring is 1. The fourth-order valence-corrected chi connectivity index (χ4v) is 4.07.